The molecule has 31 heavy (non-hydrogen) atoms. The predicted octanol–water partition coefficient (Wildman–Crippen LogP) is 6.69. The Balaban J connectivity index is 1.79. The number of aryl methyl sites for hydroxylation is 1. The van der Waals surface area contributed by atoms with Crippen LogP contribution in [-0.4, -0.2) is 16.1 Å². The molecule has 0 bridgehead atoms. The minimum Gasteiger partial charge on any atom is -0.478 e. The number of benzene rings is 3. The third-order valence-corrected chi connectivity index (χ3v) is 6.14. The van der Waals surface area contributed by atoms with E-state index in [0.717, 1.165) is 16.7 Å². The molecule has 4 aromatic rings. The molecule has 0 fully saturated rings. The zero-order chi connectivity index (χ0) is 21.7. The van der Waals surface area contributed by atoms with Gasteiger partial charge in [-0.3, -0.25) is 0 Å². The van der Waals surface area contributed by atoms with Crippen molar-refractivity contribution >= 4 is 28.5 Å². The fourth-order valence-corrected chi connectivity index (χ4v) is 4.64. The van der Waals surface area contributed by atoms with Crippen LogP contribution in [0.4, 0.5) is 8.78 Å². The van der Waals surface area contributed by atoms with E-state index in [1.54, 1.807) is 18.2 Å². The Kier molecular flexibility index (Phi) is 4.71. The fraction of sp³-hybridized carbons (Fsp3) is 0.120. The molecule has 1 N–H and O–H groups in total. The maximum atomic E-state index is 14.3. The van der Waals surface area contributed by atoms with Crippen LogP contribution in [-0.2, 0) is 12.8 Å². The van der Waals surface area contributed by atoms with Crippen molar-refractivity contribution in [2.24, 2.45) is 0 Å². The van der Waals surface area contributed by atoms with Gasteiger partial charge in [-0.05, 0) is 54.2 Å². The quantitative estimate of drug-likeness (QED) is 0.381. The Hall–Kier alpha value is -3.31. The van der Waals surface area contributed by atoms with Gasteiger partial charge in [0.25, 0.3) is 0 Å². The van der Waals surface area contributed by atoms with E-state index in [1.807, 2.05) is 18.2 Å². The van der Waals surface area contributed by atoms with Crippen molar-refractivity contribution < 1.29 is 18.7 Å². The number of hydrogen-bond acceptors (Lipinski definition) is 2. The lowest BCUT2D eigenvalue weighted by molar-refractivity contribution is 0.0698. The number of pyridine rings is 1. The summed E-state index contributed by atoms with van der Waals surface area (Å²) in [4.78, 5) is 16.9. The Labute approximate surface area is 181 Å². The molecule has 0 aliphatic heterocycles. The lowest BCUT2D eigenvalue weighted by Crippen LogP contribution is -2.08. The minimum absolute atomic E-state index is 0.00414. The fourth-order valence-electron chi connectivity index (χ4n) is 4.38. The topological polar surface area (TPSA) is 50.2 Å². The highest BCUT2D eigenvalue weighted by molar-refractivity contribution is 6.37. The number of carboxylic acids is 1. The van der Waals surface area contributed by atoms with E-state index in [0.29, 0.717) is 41.6 Å². The van der Waals surface area contributed by atoms with Gasteiger partial charge in [-0.1, -0.05) is 48.0 Å². The van der Waals surface area contributed by atoms with Crippen LogP contribution in [0.2, 0.25) is 5.02 Å². The Morgan fingerprint density at radius 2 is 1.77 bits per heavy atom. The van der Waals surface area contributed by atoms with E-state index in [-0.39, 0.29) is 21.8 Å². The molecule has 0 atom stereocenters. The molecular weight excluding hydrogens is 420 g/mol. The summed E-state index contributed by atoms with van der Waals surface area (Å²) in [6.07, 6.45) is 1.84. The molecule has 1 heterocycles. The second-order valence-corrected chi connectivity index (χ2v) is 7.96. The smallest absolute Gasteiger partial charge is 0.336 e. The summed E-state index contributed by atoms with van der Waals surface area (Å²) in [5.41, 5.74) is 4.46. The monoisotopic (exact) mass is 435 g/mol. The van der Waals surface area contributed by atoms with Crippen LogP contribution >= 0.6 is 11.6 Å². The molecule has 0 spiro atoms. The first-order chi connectivity index (χ1) is 15.0. The summed E-state index contributed by atoms with van der Waals surface area (Å²) in [6.45, 7) is 0. The number of carboxylic acid groups (broad SMARTS) is 1. The van der Waals surface area contributed by atoms with Gasteiger partial charge in [0.15, 0.2) is 0 Å². The normalized spacial score (nSPS) is 12.9. The number of rotatable bonds is 2. The zero-order valence-corrected chi connectivity index (χ0v) is 17.0. The van der Waals surface area contributed by atoms with Gasteiger partial charge >= 0.3 is 5.97 Å². The molecule has 0 unspecified atom stereocenters. The Bertz CT molecular complexity index is 1380. The SMILES string of the molecule is O=C(O)c1c2c(nc3ccc(F)c(Cl)c13)-c1ccc(-c3ccccc3F)cc1CCC2. The van der Waals surface area contributed by atoms with Crippen molar-refractivity contribution in [2.45, 2.75) is 19.3 Å². The number of carbonyl (C=O) groups is 1. The summed E-state index contributed by atoms with van der Waals surface area (Å²) >= 11 is 6.15. The van der Waals surface area contributed by atoms with Gasteiger partial charge in [-0.2, -0.15) is 0 Å². The van der Waals surface area contributed by atoms with Crippen LogP contribution in [0.25, 0.3) is 33.3 Å². The van der Waals surface area contributed by atoms with Crippen molar-refractivity contribution in [3.63, 3.8) is 0 Å². The molecule has 0 radical (unpaired) electrons. The third kappa shape index (κ3) is 3.17. The molecule has 6 heteroatoms. The molecule has 0 amide bonds. The summed E-state index contributed by atoms with van der Waals surface area (Å²) in [7, 11) is 0. The first kappa shape index (κ1) is 19.6. The van der Waals surface area contributed by atoms with Gasteiger partial charge in [-0.25, -0.2) is 18.6 Å². The number of fused-ring (bicyclic) bond motifs is 4. The van der Waals surface area contributed by atoms with Gasteiger partial charge in [0.05, 0.1) is 21.8 Å². The molecule has 1 aliphatic rings. The molecule has 0 saturated heterocycles. The standard InChI is InChI=1S/C25H16ClF2NO2/c26-23-19(28)10-11-20-22(23)21(25(30)31)17-6-3-4-13-12-14(8-9-16(13)24(17)29-20)15-5-1-2-7-18(15)27/h1-2,5,7-12H,3-4,6H2,(H,30,31). The summed E-state index contributed by atoms with van der Waals surface area (Å²) < 4.78 is 28.4. The van der Waals surface area contributed by atoms with E-state index >= 15 is 0 Å². The molecule has 1 aliphatic carbocycles. The average molecular weight is 436 g/mol. The highest BCUT2D eigenvalue weighted by atomic mass is 35.5. The van der Waals surface area contributed by atoms with E-state index in [9.17, 15) is 18.7 Å². The number of aromatic carboxylic acids is 1. The number of hydrogen-bond donors (Lipinski definition) is 1. The first-order valence-electron chi connectivity index (χ1n) is 9.88. The maximum Gasteiger partial charge on any atom is 0.336 e. The summed E-state index contributed by atoms with van der Waals surface area (Å²) in [6, 6.07) is 14.8. The molecule has 1 aromatic heterocycles. The number of aromatic nitrogens is 1. The maximum absolute atomic E-state index is 14.3. The van der Waals surface area contributed by atoms with Crippen molar-refractivity contribution in [1.82, 2.24) is 4.98 Å². The highest BCUT2D eigenvalue weighted by Gasteiger charge is 2.26. The molecule has 154 valence electrons. The zero-order valence-electron chi connectivity index (χ0n) is 16.3. The van der Waals surface area contributed by atoms with Crippen LogP contribution in [0.15, 0.2) is 54.6 Å². The molecule has 3 nitrogen and oxygen atoms in total. The molecule has 5 rings (SSSR count). The third-order valence-electron chi connectivity index (χ3n) is 5.77. The van der Waals surface area contributed by atoms with Gasteiger partial charge in [0.2, 0.25) is 0 Å². The Morgan fingerprint density at radius 1 is 0.968 bits per heavy atom. The Morgan fingerprint density at radius 3 is 2.55 bits per heavy atom. The van der Waals surface area contributed by atoms with E-state index in [1.165, 1.54) is 18.2 Å². The van der Waals surface area contributed by atoms with E-state index in [2.05, 4.69) is 0 Å². The molecule has 3 aromatic carbocycles. The lowest BCUT2D eigenvalue weighted by Gasteiger charge is -2.16. The summed E-state index contributed by atoms with van der Waals surface area (Å²) in [5, 5.41) is 9.86. The highest BCUT2D eigenvalue weighted by Crippen LogP contribution is 2.40. The lowest BCUT2D eigenvalue weighted by atomic mass is 9.93. The second-order valence-electron chi connectivity index (χ2n) is 7.58. The van der Waals surface area contributed by atoms with Gasteiger partial charge in [-0.15, -0.1) is 0 Å². The first-order valence-corrected chi connectivity index (χ1v) is 10.3. The van der Waals surface area contributed by atoms with E-state index < -0.39 is 11.8 Å². The van der Waals surface area contributed by atoms with Crippen molar-refractivity contribution in [2.75, 3.05) is 0 Å². The van der Waals surface area contributed by atoms with Gasteiger partial charge < -0.3 is 5.11 Å². The average Bonchev–Trinajstić information content (AvgIpc) is 2.94. The number of halogens is 3. The van der Waals surface area contributed by atoms with Crippen LogP contribution in [0, 0.1) is 11.6 Å². The van der Waals surface area contributed by atoms with Gasteiger partial charge in [0, 0.05) is 16.5 Å². The van der Waals surface area contributed by atoms with Crippen molar-refractivity contribution in [3.05, 3.63) is 87.9 Å². The van der Waals surface area contributed by atoms with Crippen molar-refractivity contribution in [1.29, 1.82) is 0 Å². The predicted molar refractivity (Wildman–Crippen MR) is 117 cm³/mol. The molecule has 0 saturated carbocycles. The van der Waals surface area contributed by atoms with Gasteiger partial charge in [0.1, 0.15) is 11.6 Å². The van der Waals surface area contributed by atoms with Crippen LogP contribution in [0.1, 0.15) is 27.9 Å². The van der Waals surface area contributed by atoms with Crippen molar-refractivity contribution in [3.8, 4) is 22.4 Å². The second kappa shape index (κ2) is 7.43. The van der Waals surface area contributed by atoms with Crippen LogP contribution in [0.3, 0.4) is 0 Å². The summed E-state index contributed by atoms with van der Waals surface area (Å²) in [5.74, 6) is -2.14. The molecular formula is C25H16ClF2NO2. The largest absolute Gasteiger partial charge is 0.478 e. The number of nitrogens with zero attached hydrogens (tertiary/aromatic N) is 1. The van der Waals surface area contributed by atoms with Crippen LogP contribution < -0.4 is 0 Å². The van der Waals surface area contributed by atoms with Crippen LogP contribution in [0.5, 0.6) is 0 Å². The van der Waals surface area contributed by atoms with E-state index in [4.69, 9.17) is 16.6 Å². The minimum atomic E-state index is -1.16.